The fourth-order valence-corrected chi connectivity index (χ4v) is 5.27. The third-order valence-corrected chi connectivity index (χ3v) is 7.35. The van der Waals surface area contributed by atoms with Gasteiger partial charge in [-0.25, -0.2) is 4.39 Å². The number of methoxy groups -OCH3 is 2. The number of rotatable bonds is 9. The lowest BCUT2D eigenvalue weighted by Gasteiger charge is -2.40. The Labute approximate surface area is 212 Å². The summed E-state index contributed by atoms with van der Waals surface area (Å²) in [5, 5.41) is 0. The van der Waals surface area contributed by atoms with Gasteiger partial charge in [-0.1, -0.05) is 30.3 Å². The summed E-state index contributed by atoms with van der Waals surface area (Å²) < 4.78 is 31.0. The molecule has 6 nitrogen and oxygen atoms in total. The molecule has 0 aliphatic carbocycles. The quantitative estimate of drug-likeness (QED) is 0.402. The van der Waals surface area contributed by atoms with Gasteiger partial charge in [0.15, 0.2) is 11.5 Å². The molecule has 2 heterocycles. The van der Waals surface area contributed by atoms with Crippen LogP contribution in [0.1, 0.15) is 40.1 Å². The SMILES string of the molecule is COc1cccc(CN2CCC([C@@H](Cc3ccccc3F)N(C)C(=O)c3ccoc3C)CC2)c1OC. The second-order valence-corrected chi connectivity index (χ2v) is 9.44. The molecule has 7 heteroatoms. The maximum absolute atomic E-state index is 14.6. The number of amides is 1. The average molecular weight is 495 g/mol. The minimum absolute atomic E-state index is 0.0915. The molecule has 0 spiro atoms. The number of ether oxygens (including phenoxy) is 2. The van der Waals surface area contributed by atoms with E-state index in [2.05, 4.69) is 11.0 Å². The summed E-state index contributed by atoms with van der Waals surface area (Å²) in [5.41, 5.74) is 2.27. The summed E-state index contributed by atoms with van der Waals surface area (Å²) in [6, 6.07) is 14.4. The van der Waals surface area contributed by atoms with Crippen molar-refractivity contribution in [1.82, 2.24) is 9.80 Å². The molecule has 3 aromatic rings. The van der Waals surface area contributed by atoms with Crippen LogP contribution in [0.2, 0.25) is 0 Å². The highest BCUT2D eigenvalue weighted by atomic mass is 19.1. The molecule has 1 atom stereocenters. The summed E-state index contributed by atoms with van der Waals surface area (Å²) in [6.45, 7) is 4.31. The van der Waals surface area contributed by atoms with Crippen molar-refractivity contribution in [3.05, 3.63) is 83.1 Å². The fraction of sp³-hybridized carbons (Fsp3) is 0.414. The van der Waals surface area contributed by atoms with E-state index >= 15 is 0 Å². The van der Waals surface area contributed by atoms with Crippen molar-refractivity contribution in [2.45, 2.75) is 38.8 Å². The van der Waals surface area contributed by atoms with Gasteiger partial charge in [-0.3, -0.25) is 9.69 Å². The van der Waals surface area contributed by atoms with E-state index < -0.39 is 0 Å². The number of aryl methyl sites for hydroxylation is 1. The van der Waals surface area contributed by atoms with Crippen LogP contribution in [0, 0.1) is 18.7 Å². The molecule has 1 aromatic heterocycles. The molecule has 1 aliphatic heterocycles. The summed E-state index contributed by atoms with van der Waals surface area (Å²) in [6.07, 6.45) is 3.83. The van der Waals surface area contributed by atoms with Gasteiger partial charge in [0.2, 0.25) is 0 Å². The minimum atomic E-state index is -0.231. The number of halogens is 1. The molecule has 36 heavy (non-hydrogen) atoms. The second kappa shape index (κ2) is 11.6. The van der Waals surface area contributed by atoms with Crippen LogP contribution in [0.15, 0.2) is 59.2 Å². The minimum Gasteiger partial charge on any atom is -0.493 e. The number of piperidine rings is 1. The third-order valence-electron chi connectivity index (χ3n) is 7.35. The van der Waals surface area contributed by atoms with Gasteiger partial charge < -0.3 is 18.8 Å². The second-order valence-electron chi connectivity index (χ2n) is 9.44. The van der Waals surface area contributed by atoms with Gasteiger partial charge in [0.25, 0.3) is 5.91 Å². The van der Waals surface area contributed by atoms with Crippen molar-refractivity contribution in [1.29, 1.82) is 0 Å². The van der Waals surface area contributed by atoms with Crippen LogP contribution in [-0.4, -0.2) is 56.1 Å². The Kier molecular flexibility index (Phi) is 8.31. The predicted octanol–water partition coefficient (Wildman–Crippen LogP) is 5.34. The Morgan fingerprint density at radius 3 is 2.44 bits per heavy atom. The molecule has 0 radical (unpaired) electrons. The van der Waals surface area contributed by atoms with E-state index in [0.29, 0.717) is 23.3 Å². The van der Waals surface area contributed by atoms with Gasteiger partial charge in [-0.05, 0) is 69.0 Å². The van der Waals surface area contributed by atoms with Crippen LogP contribution in [-0.2, 0) is 13.0 Å². The van der Waals surface area contributed by atoms with Gasteiger partial charge in [-0.2, -0.15) is 0 Å². The number of carbonyl (C=O) groups is 1. The van der Waals surface area contributed by atoms with E-state index in [1.165, 1.54) is 12.3 Å². The van der Waals surface area contributed by atoms with Gasteiger partial charge >= 0.3 is 0 Å². The van der Waals surface area contributed by atoms with Crippen LogP contribution in [0.3, 0.4) is 0 Å². The van der Waals surface area contributed by atoms with Crippen molar-refractivity contribution in [2.75, 3.05) is 34.4 Å². The number of carbonyl (C=O) groups excluding carboxylic acids is 1. The van der Waals surface area contributed by atoms with Gasteiger partial charge in [0.1, 0.15) is 11.6 Å². The number of likely N-dealkylation sites (tertiary alicyclic amines) is 1. The van der Waals surface area contributed by atoms with Crippen molar-refractivity contribution in [2.24, 2.45) is 5.92 Å². The van der Waals surface area contributed by atoms with E-state index in [0.717, 1.165) is 49.5 Å². The normalized spacial score (nSPS) is 15.5. The highest BCUT2D eigenvalue weighted by Crippen LogP contribution is 2.33. The standard InChI is InChI=1S/C29H35FN2O4/c1-20-24(14-17-36-20)29(33)31(2)26(18-22-8-5-6-10-25(22)30)21-12-15-32(16-13-21)19-23-9-7-11-27(34-3)28(23)35-4/h5-11,14,17,21,26H,12-13,15-16,18-19H2,1-4H3/t26-/m1/s1. The summed E-state index contributed by atoms with van der Waals surface area (Å²) >= 11 is 0. The number of hydrogen-bond donors (Lipinski definition) is 0. The first kappa shape index (κ1) is 25.8. The number of benzene rings is 2. The molecule has 4 rings (SSSR count). The molecular formula is C29H35FN2O4. The molecule has 1 amide bonds. The van der Waals surface area contributed by atoms with Crippen molar-refractivity contribution < 1.29 is 23.1 Å². The van der Waals surface area contributed by atoms with Gasteiger partial charge in [0, 0.05) is 25.2 Å². The summed E-state index contributed by atoms with van der Waals surface area (Å²) in [5.74, 6) is 2.01. The molecule has 0 unspecified atom stereocenters. The van der Waals surface area contributed by atoms with E-state index in [-0.39, 0.29) is 23.7 Å². The molecule has 0 saturated carbocycles. The molecule has 1 aliphatic rings. The predicted molar refractivity (Wildman–Crippen MR) is 137 cm³/mol. The number of furan rings is 1. The molecular weight excluding hydrogens is 459 g/mol. The largest absolute Gasteiger partial charge is 0.493 e. The zero-order valence-electron chi connectivity index (χ0n) is 21.5. The van der Waals surface area contributed by atoms with E-state index in [1.54, 1.807) is 38.2 Å². The molecule has 1 fully saturated rings. The molecule has 0 bridgehead atoms. The Hall–Kier alpha value is -3.32. The zero-order chi connectivity index (χ0) is 25.7. The van der Waals surface area contributed by atoms with Crippen LogP contribution < -0.4 is 9.47 Å². The Morgan fingerprint density at radius 1 is 1.08 bits per heavy atom. The zero-order valence-corrected chi connectivity index (χ0v) is 21.5. The summed E-state index contributed by atoms with van der Waals surface area (Å²) in [4.78, 5) is 17.5. The van der Waals surface area contributed by atoms with Gasteiger partial charge in [-0.15, -0.1) is 0 Å². The third kappa shape index (κ3) is 5.57. The first-order valence-electron chi connectivity index (χ1n) is 12.4. The number of hydrogen-bond acceptors (Lipinski definition) is 5. The lowest BCUT2D eigenvalue weighted by molar-refractivity contribution is 0.0581. The van der Waals surface area contributed by atoms with Crippen molar-refractivity contribution in [3.63, 3.8) is 0 Å². The van der Waals surface area contributed by atoms with E-state index in [1.807, 2.05) is 31.3 Å². The first-order chi connectivity index (χ1) is 17.4. The van der Waals surface area contributed by atoms with E-state index in [4.69, 9.17) is 13.9 Å². The molecule has 0 N–H and O–H groups in total. The Bertz CT molecular complexity index is 1170. The van der Waals surface area contributed by atoms with E-state index in [9.17, 15) is 9.18 Å². The number of para-hydroxylation sites is 1. The maximum Gasteiger partial charge on any atom is 0.257 e. The number of likely N-dealkylation sites (N-methyl/N-ethyl adjacent to an activating group) is 1. The molecule has 1 saturated heterocycles. The monoisotopic (exact) mass is 494 g/mol. The first-order valence-corrected chi connectivity index (χ1v) is 12.4. The van der Waals surface area contributed by atoms with Gasteiger partial charge in [0.05, 0.1) is 26.0 Å². The lowest BCUT2D eigenvalue weighted by Crippen LogP contribution is -2.47. The van der Waals surface area contributed by atoms with Crippen LogP contribution in [0.5, 0.6) is 11.5 Å². The average Bonchev–Trinajstić information content (AvgIpc) is 3.33. The highest BCUT2D eigenvalue weighted by Gasteiger charge is 2.33. The topological polar surface area (TPSA) is 55.2 Å². The van der Waals surface area contributed by atoms with Crippen LogP contribution in [0.25, 0.3) is 0 Å². The fourth-order valence-electron chi connectivity index (χ4n) is 5.27. The van der Waals surface area contributed by atoms with Crippen LogP contribution in [0.4, 0.5) is 4.39 Å². The Balaban J connectivity index is 1.50. The molecule has 2 aromatic carbocycles. The van der Waals surface area contributed by atoms with Crippen molar-refractivity contribution in [3.8, 4) is 11.5 Å². The van der Waals surface area contributed by atoms with Crippen molar-refractivity contribution >= 4 is 5.91 Å². The molecule has 192 valence electrons. The lowest BCUT2D eigenvalue weighted by atomic mass is 9.84. The smallest absolute Gasteiger partial charge is 0.257 e. The number of nitrogens with zero attached hydrogens (tertiary/aromatic N) is 2. The maximum atomic E-state index is 14.6. The van der Waals surface area contributed by atoms with Crippen LogP contribution >= 0.6 is 0 Å². The Morgan fingerprint density at radius 2 is 1.81 bits per heavy atom. The summed E-state index contributed by atoms with van der Waals surface area (Å²) in [7, 11) is 5.13. The highest BCUT2D eigenvalue weighted by molar-refractivity contribution is 5.95.